The van der Waals surface area contributed by atoms with Gasteiger partial charge < -0.3 is 14.6 Å². The monoisotopic (exact) mass is 292 g/mol. The minimum Gasteiger partial charge on any atom is -0.492 e. The summed E-state index contributed by atoms with van der Waals surface area (Å²) in [6, 6.07) is 5.84. The molecule has 0 bridgehead atoms. The first-order valence-electron chi connectivity index (χ1n) is 7.25. The van der Waals surface area contributed by atoms with Crippen LogP contribution in [0.1, 0.15) is 11.1 Å². The lowest BCUT2D eigenvalue weighted by Gasteiger charge is -2.26. The summed E-state index contributed by atoms with van der Waals surface area (Å²) in [6.07, 6.45) is -0.874. The molecule has 21 heavy (non-hydrogen) atoms. The van der Waals surface area contributed by atoms with Crippen molar-refractivity contribution in [2.45, 2.75) is 13.1 Å². The quantitative estimate of drug-likeness (QED) is 0.908. The minimum atomic E-state index is -0.874. The largest absolute Gasteiger partial charge is 0.492 e. The van der Waals surface area contributed by atoms with E-state index in [1.54, 1.807) is 0 Å². The summed E-state index contributed by atoms with van der Waals surface area (Å²) in [5, 5.41) is 9.02. The van der Waals surface area contributed by atoms with Crippen LogP contribution in [0.4, 0.5) is 4.79 Å². The molecule has 0 unspecified atom stereocenters. The topological polar surface area (TPSA) is 62.2 Å². The summed E-state index contributed by atoms with van der Waals surface area (Å²) in [4.78, 5) is 14.7. The fourth-order valence-corrected chi connectivity index (χ4v) is 2.71. The summed E-state index contributed by atoms with van der Waals surface area (Å²) in [6.45, 7) is 5.96. The number of amides is 1. The molecule has 1 fully saturated rings. The highest BCUT2D eigenvalue weighted by Gasteiger charge is 2.23. The van der Waals surface area contributed by atoms with Crippen LogP contribution in [0.2, 0.25) is 0 Å². The third-order valence-corrected chi connectivity index (χ3v) is 3.95. The summed E-state index contributed by atoms with van der Waals surface area (Å²) in [7, 11) is 0. The molecule has 2 heterocycles. The highest BCUT2D eigenvalue weighted by atomic mass is 16.5. The van der Waals surface area contributed by atoms with Gasteiger partial charge in [0.15, 0.2) is 0 Å². The summed E-state index contributed by atoms with van der Waals surface area (Å²) < 4.78 is 11.1. The Morgan fingerprint density at radius 2 is 2.00 bits per heavy atom. The molecule has 2 aliphatic heterocycles. The molecule has 3 rings (SSSR count). The van der Waals surface area contributed by atoms with Gasteiger partial charge in [-0.15, -0.1) is 0 Å². The van der Waals surface area contributed by atoms with Crippen molar-refractivity contribution >= 4 is 6.09 Å². The number of fused-ring (bicyclic) bond motifs is 1. The third-order valence-electron chi connectivity index (χ3n) is 3.95. The van der Waals surface area contributed by atoms with Gasteiger partial charge in [0.05, 0.1) is 13.2 Å². The SMILES string of the molecule is O=C(O)N1Cc2ccc(OCCN3CCOCC3)cc2C1. The van der Waals surface area contributed by atoms with E-state index in [1.807, 2.05) is 18.2 Å². The number of morpholine rings is 1. The van der Waals surface area contributed by atoms with E-state index in [4.69, 9.17) is 14.6 Å². The standard InChI is InChI=1S/C15H20N2O4/c18-15(19)17-10-12-1-2-14(9-13(12)11-17)21-8-5-16-3-6-20-7-4-16/h1-2,9H,3-8,10-11H2,(H,18,19). The van der Waals surface area contributed by atoms with E-state index in [1.165, 1.54) is 4.90 Å². The third kappa shape index (κ3) is 3.46. The molecular weight excluding hydrogens is 272 g/mol. The van der Waals surface area contributed by atoms with Gasteiger partial charge in [-0.25, -0.2) is 4.79 Å². The zero-order chi connectivity index (χ0) is 14.7. The van der Waals surface area contributed by atoms with Gasteiger partial charge >= 0.3 is 6.09 Å². The molecule has 2 aliphatic rings. The zero-order valence-electron chi connectivity index (χ0n) is 12.0. The van der Waals surface area contributed by atoms with Crippen LogP contribution in [0, 0.1) is 0 Å². The highest BCUT2D eigenvalue weighted by Crippen LogP contribution is 2.26. The molecule has 0 atom stereocenters. The van der Waals surface area contributed by atoms with Crippen LogP contribution < -0.4 is 4.74 Å². The molecule has 0 spiro atoms. The number of rotatable bonds is 4. The lowest BCUT2D eigenvalue weighted by Crippen LogP contribution is -2.38. The number of nitrogens with zero attached hydrogens (tertiary/aromatic N) is 2. The average Bonchev–Trinajstić information content (AvgIpc) is 2.92. The fourth-order valence-electron chi connectivity index (χ4n) is 2.71. The van der Waals surface area contributed by atoms with Crippen molar-refractivity contribution in [3.8, 4) is 5.75 Å². The van der Waals surface area contributed by atoms with Gasteiger partial charge in [-0.2, -0.15) is 0 Å². The van der Waals surface area contributed by atoms with E-state index in [-0.39, 0.29) is 0 Å². The maximum atomic E-state index is 11.0. The molecule has 1 aromatic rings. The molecule has 0 aromatic heterocycles. The van der Waals surface area contributed by atoms with Crippen LogP contribution in [0.5, 0.6) is 5.75 Å². The zero-order valence-corrected chi connectivity index (χ0v) is 12.0. The van der Waals surface area contributed by atoms with E-state index in [0.29, 0.717) is 19.7 Å². The van der Waals surface area contributed by atoms with Crippen molar-refractivity contribution < 1.29 is 19.4 Å². The van der Waals surface area contributed by atoms with Gasteiger partial charge in [-0.05, 0) is 23.3 Å². The van der Waals surface area contributed by atoms with Crippen molar-refractivity contribution in [3.63, 3.8) is 0 Å². The molecule has 114 valence electrons. The van der Waals surface area contributed by atoms with E-state index >= 15 is 0 Å². The smallest absolute Gasteiger partial charge is 0.407 e. The van der Waals surface area contributed by atoms with Crippen molar-refractivity contribution in [2.75, 3.05) is 39.5 Å². The number of carbonyl (C=O) groups is 1. The number of benzene rings is 1. The molecule has 0 radical (unpaired) electrons. The first-order valence-corrected chi connectivity index (χ1v) is 7.25. The Morgan fingerprint density at radius 1 is 1.24 bits per heavy atom. The second-order valence-electron chi connectivity index (χ2n) is 5.37. The normalized spacial score (nSPS) is 18.6. The van der Waals surface area contributed by atoms with E-state index < -0.39 is 6.09 Å². The number of carboxylic acid groups (broad SMARTS) is 1. The Morgan fingerprint density at radius 3 is 2.76 bits per heavy atom. The van der Waals surface area contributed by atoms with Gasteiger partial charge in [-0.3, -0.25) is 9.80 Å². The second-order valence-corrected chi connectivity index (χ2v) is 5.37. The fraction of sp³-hybridized carbons (Fsp3) is 0.533. The molecule has 1 amide bonds. The number of hydrogen-bond donors (Lipinski definition) is 1. The summed E-state index contributed by atoms with van der Waals surface area (Å²) >= 11 is 0. The maximum Gasteiger partial charge on any atom is 0.407 e. The van der Waals surface area contributed by atoms with Gasteiger partial charge in [0.1, 0.15) is 12.4 Å². The van der Waals surface area contributed by atoms with Crippen LogP contribution in [0.3, 0.4) is 0 Å². The maximum absolute atomic E-state index is 11.0. The molecule has 0 aliphatic carbocycles. The van der Waals surface area contributed by atoms with Crippen molar-refractivity contribution in [3.05, 3.63) is 29.3 Å². The van der Waals surface area contributed by atoms with Crippen LogP contribution in [0.25, 0.3) is 0 Å². The molecule has 1 aromatic carbocycles. The Balaban J connectivity index is 1.51. The van der Waals surface area contributed by atoms with E-state index in [9.17, 15) is 4.79 Å². The van der Waals surface area contributed by atoms with Crippen molar-refractivity contribution in [2.24, 2.45) is 0 Å². The second kappa shape index (κ2) is 6.32. The summed E-state index contributed by atoms with van der Waals surface area (Å²) in [5.74, 6) is 0.814. The lowest BCUT2D eigenvalue weighted by molar-refractivity contribution is 0.0322. The van der Waals surface area contributed by atoms with Gasteiger partial charge in [0, 0.05) is 32.7 Å². The molecule has 1 N–H and O–H groups in total. The average molecular weight is 292 g/mol. The van der Waals surface area contributed by atoms with Crippen LogP contribution in [-0.2, 0) is 17.8 Å². The molecule has 6 nitrogen and oxygen atoms in total. The van der Waals surface area contributed by atoms with Crippen LogP contribution >= 0.6 is 0 Å². The predicted octanol–water partition coefficient (Wildman–Crippen LogP) is 1.39. The van der Waals surface area contributed by atoms with Gasteiger partial charge in [0.2, 0.25) is 0 Å². The lowest BCUT2D eigenvalue weighted by atomic mass is 10.1. The Kier molecular flexibility index (Phi) is 4.26. The molecule has 1 saturated heterocycles. The number of hydrogen-bond acceptors (Lipinski definition) is 4. The first-order chi connectivity index (χ1) is 10.2. The minimum absolute atomic E-state index is 0.450. The Labute approximate surface area is 123 Å². The van der Waals surface area contributed by atoms with Gasteiger partial charge in [-0.1, -0.05) is 6.07 Å². The highest BCUT2D eigenvalue weighted by molar-refractivity contribution is 5.66. The first kappa shape index (κ1) is 14.2. The van der Waals surface area contributed by atoms with E-state index in [2.05, 4.69) is 4.90 Å². The molecular formula is C15H20N2O4. The van der Waals surface area contributed by atoms with Gasteiger partial charge in [0.25, 0.3) is 0 Å². The van der Waals surface area contributed by atoms with Crippen molar-refractivity contribution in [1.82, 2.24) is 9.80 Å². The molecule has 6 heteroatoms. The Hall–Kier alpha value is -1.79. The number of ether oxygens (including phenoxy) is 2. The van der Waals surface area contributed by atoms with E-state index in [0.717, 1.165) is 49.7 Å². The van der Waals surface area contributed by atoms with Crippen LogP contribution in [-0.4, -0.2) is 60.5 Å². The molecule has 0 saturated carbocycles. The predicted molar refractivity (Wildman–Crippen MR) is 76.5 cm³/mol. The van der Waals surface area contributed by atoms with Crippen LogP contribution in [0.15, 0.2) is 18.2 Å². The Bertz CT molecular complexity index is 514. The summed E-state index contributed by atoms with van der Waals surface area (Å²) in [5.41, 5.74) is 2.11. The van der Waals surface area contributed by atoms with Crippen molar-refractivity contribution in [1.29, 1.82) is 0 Å².